The number of halogens is 3. The molecule has 1 aliphatic heterocycles. The van der Waals surface area contributed by atoms with Crippen LogP contribution in [-0.4, -0.2) is 57.3 Å². The SMILES string of the molecule is CCOC(=O)C(C(=O)[C@H]1CCCN1C(=O)OC(C)(C)C)n1cc2c(C(F)F)cc(Br)c(C)c2n1. The summed E-state index contributed by atoms with van der Waals surface area (Å²) in [5.41, 5.74) is -0.207. The topological polar surface area (TPSA) is 90.7 Å². The molecule has 34 heavy (non-hydrogen) atoms. The minimum absolute atomic E-state index is 0.0106. The largest absolute Gasteiger partial charge is 0.464 e. The third kappa shape index (κ3) is 5.24. The predicted molar refractivity (Wildman–Crippen MR) is 124 cm³/mol. The van der Waals surface area contributed by atoms with Crippen LogP contribution in [0.15, 0.2) is 16.7 Å². The van der Waals surface area contributed by atoms with Crippen molar-refractivity contribution in [3.05, 3.63) is 27.9 Å². The van der Waals surface area contributed by atoms with E-state index in [-0.39, 0.29) is 23.1 Å². The lowest BCUT2D eigenvalue weighted by molar-refractivity contribution is -0.152. The van der Waals surface area contributed by atoms with Gasteiger partial charge in [0.05, 0.1) is 18.2 Å². The molecule has 0 N–H and O–H groups in total. The number of Topliss-reactive ketones (excluding diaryl/α,β-unsaturated/α-hetero) is 1. The monoisotopic (exact) mass is 543 g/mol. The van der Waals surface area contributed by atoms with Crippen molar-refractivity contribution in [1.29, 1.82) is 0 Å². The Morgan fingerprint density at radius 1 is 1.29 bits per heavy atom. The molecule has 1 aliphatic rings. The number of ketones is 1. The first-order valence-corrected chi connectivity index (χ1v) is 11.8. The molecule has 1 amide bonds. The maximum Gasteiger partial charge on any atom is 0.410 e. The van der Waals surface area contributed by atoms with Crippen LogP contribution in [0.5, 0.6) is 0 Å². The van der Waals surface area contributed by atoms with E-state index in [0.717, 1.165) is 4.68 Å². The summed E-state index contributed by atoms with van der Waals surface area (Å²) in [4.78, 5) is 40.5. The van der Waals surface area contributed by atoms with Gasteiger partial charge in [0.1, 0.15) is 5.60 Å². The first-order valence-electron chi connectivity index (χ1n) is 11.0. The molecule has 2 aromatic rings. The molecule has 1 aromatic carbocycles. The molecular formula is C23H28BrF2N3O5. The molecule has 11 heteroatoms. The molecule has 1 fully saturated rings. The number of carbonyl (C=O) groups is 3. The second kappa shape index (κ2) is 9.97. The van der Waals surface area contributed by atoms with Gasteiger partial charge in [-0.2, -0.15) is 5.10 Å². The highest BCUT2D eigenvalue weighted by Gasteiger charge is 2.43. The van der Waals surface area contributed by atoms with Gasteiger partial charge in [-0.15, -0.1) is 0 Å². The van der Waals surface area contributed by atoms with Crippen LogP contribution in [0.25, 0.3) is 10.9 Å². The lowest BCUT2D eigenvalue weighted by Gasteiger charge is -2.29. The number of esters is 1. The first-order chi connectivity index (χ1) is 15.9. The fourth-order valence-electron chi connectivity index (χ4n) is 3.99. The Balaban J connectivity index is 2.06. The maximum atomic E-state index is 13.7. The summed E-state index contributed by atoms with van der Waals surface area (Å²) in [6, 6.07) is -1.17. The van der Waals surface area contributed by atoms with E-state index in [4.69, 9.17) is 9.47 Å². The number of benzene rings is 1. The molecule has 2 atom stereocenters. The van der Waals surface area contributed by atoms with E-state index in [1.54, 1.807) is 34.6 Å². The van der Waals surface area contributed by atoms with Gasteiger partial charge in [0.15, 0.2) is 5.78 Å². The molecule has 1 unspecified atom stereocenters. The Morgan fingerprint density at radius 2 is 1.97 bits per heavy atom. The zero-order chi connectivity index (χ0) is 25.4. The molecule has 3 rings (SSSR count). The minimum atomic E-state index is -2.79. The van der Waals surface area contributed by atoms with E-state index >= 15 is 0 Å². The van der Waals surface area contributed by atoms with Crippen molar-refractivity contribution in [1.82, 2.24) is 14.7 Å². The number of rotatable bonds is 6. The zero-order valence-electron chi connectivity index (χ0n) is 19.7. The summed E-state index contributed by atoms with van der Waals surface area (Å²) in [7, 11) is 0. The molecule has 1 saturated heterocycles. The van der Waals surface area contributed by atoms with Gasteiger partial charge < -0.3 is 9.47 Å². The Kier molecular flexibility index (Phi) is 7.64. The van der Waals surface area contributed by atoms with Gasteiger partial charge >= 0.3 is 12.1 Å². The number of amides is 1. The van der Waals surface area contributed by atoms with Gasteiger partial charge in [0.2, 0.25) is 6.04 Å². The highest BCUT2D eigenvalue weighted by molar-refractivity contribution is 9.10. The average Bonchev–Trinajstić information content (AvgIpc) is 3.37. The summed E-state index contributed by atoms with van der Waals surface area (Å²) < 4.78 is 39.5. The van der Waals surface area contributed by atoms with Gasteiger partial charge in [-0.25, -0.2) is 23.1 Å². The highest BCUT2D eigenvalue weighted by Crippen LogP contribution is 2.35. The molecule has 0 aliphatic carbocycles. The molecular weight excluding hydrogens is 516 g/mol. The normalized spacial score (nSPS) is 17.3. The van der Waals surface area contributed by atoms with E-state index in [0.29, 0.717) is 29.4 Å². The number of alkyl halides is 2. The quantitative estimate of drug-likeness (QED) is 0.371. The van der Waals surface area contributed by atoms with E-state index in [1.165, 1.54) is 17.2 Å². The number of carbonyl (C=O) groups excluding carboxylic acids is 3. The van der Waals surface area contributed by atoms with Crippen LogP contribution in [0.1, 0.15) is 64.1 Å². The number of hydrogen-bond donors (Lipinski definition) is 0. The van der Waals surface area contributed by atoms with Crippen LogP contribution in [0.2, 0.25) is 0 Å². The first kappa shape index (κ1) is 26.1. The van der Waals surface area contributed by atoms with Gasteiger partial charge in [0, 0.05) is 28.2 Å². The van der Waals surface area contributed by atoms with Crippen LogP contribution in [0.3, 0.4) is 0 Å². The zero-order valence-corrected chi connectivity index (χ0v) is 21.3. The van der Waals surface area contributed by atoms with Gasteiger partial charge in [0.25, 0.3) is 6.43 Å². The predicted octanol–water partition coefficient (Wildman–Crippen LogP) is 5.12. The van der Waals surface area contributed by atoms with Crippen LogP contribution in [0.4, 0.5) is 13.6 Å². The van der Waals surface area contributed by atoms with Crippen molar-refractivity contribution in [2.75, 3.05) is 13.2 Å². The second-order valence-electron chi connectivity index (χ2n) is 9.13. The third-order valence-electron chi connectivity index (χ3n) is 5.53. The Hall–Kier alpha value is -2.56. The molecule has 0 bridgehead atoms. The van der Waals surface area contributed by atoms with Crippen molar-refractivity contribution in [3.63, 3.8) is 0 Å². The number of fused-ring (bicyclic) bond motifs is 1. The standard InChI is InChI=1S/C23H28BrF2N3O5/c1-6-33-21(31)18(19(30)16-8-7-9-28(16)22(32)34-23(3,4)5)29-11-14-13(20(25)26)10-15(24)12(2)17(14)27-29/h10-11,16,18,20H,6-9H2,1-5H3/t16-,18?/m1/s1. The summed E-state index contributed by atoms with van der Waals surface area (Å²) in [5.74, 6) is -1.48. The third-order valence-corrected chi connectivity index (χ3v) is 6.35. The Labute approximate surface area is 204 Å². The van der Waals surface area contributed by atoms with Crippen molar-refractivity contribution < 1.29 is 32.6 Å². The van der Waals surface area contributed by atoms with Gasteiger partial charge in [-0.1, -0.05) is 15.9 Å². The Morgan fingerprint density at radius 3 is 2.56 bits per heavy atom. The summed E-state index contributed by atoms with van der Waals surface area (Å²) in [6.45, 7) is 8.75. The van der Waals surface area contributed by atoms with E-state index in [2.05, 4.69) is 21.0 Å². The summed E-state index contributed by atoms with van der Waals surface area (Å²) in [6.07, 6.45) is -1.29. The number of ether oxygens (including phenoxy) is 2. The molecule has 8 nitrogen and oxygen atoms in total. The smallest absolute Gasteiger partial charge is 0.410 e. The number of hydrogen-bond acceptors (Lipinski definition) is 6. The maximum absolute atomic E-state index is 13.7. The molecule has 186 valence electrons. The van der Waals surface area contributed by atoms with Crippen LogP contribution in [0, 0.1) is 6.92 Å². The molecule has 1 aromatic heterocycles. The number of likely N-dealkylation sites (tertiary alicyclic amines) is 1. The van der Waals surface area contributed by atoms with Crippen LogP contribution in [-0.2, 0) is 19.1 Å². The van der Waals surface area contributed by atoms with Crippen molar-refractivity contribution in [2.24, 2.45) is 0 Å². The number of nitrogens with zero attached hydrogens (tertiary/aromatic N) is 3. The molecule has 0 radical (unpaired) electrons. The van der Waals surface area contributed by atoms with E-state index in [9.17, 15) is 23.2 Å². The average molecular weight is 544 g/mol. The number of aryl methyl sites for hydroxylation is 1. The second-order valence-corrected chi connectivity index (χ2v) is 9.99. The minimum Gasteiger partial charge on any atom is -0.464 e. The summed E-state index contributed by atoms with van der Waals surface area (Å²) >= 11 is 3.27. The molecule has 0 saturated carbocycles. The molecule has 0 spiro atoms. The molecule has 2 heterocycles. The van der Waals surface area contributed by atoms with Crippen molar-refractivity contribution in [3.8, 4) is 0 Å². The van der Waals surface area contributed by atoms with E-state index in [1.807, 2.05) is 0 Å². The Bertz CT molecular complexity index is 1110. The highest BCUT2D eigenvalue weighted by atomic mass is 79.9. The van der Waals surface area contributed by atoms with Crippen molar-refractivity contribution in [2.45, 2.75) is 71.6 Å². The summed E-state index contributed by atoms with van der Waals surface area (Å²) in [5, 5.41) is 4.47. The number of aromatic nitrogens is 2. The fourth-order valence-corrected chi connectivity index (χ4v) is 4.42. The van der Waals surface area contributed by atoms with Crippen LogP contribution < -0.4 is 0 Å². The van der Waals surface area contributed by atoms with Gasteiger partial charge in [-0.3, -0.25) is 9.69 Å². The fraction of sp³-hybridized carbons (Fsp3) is 0.565. The van der Waals surface area contributed by atoms with Crippen molar-refractivity contribution >= 4 is 44.7 Å². The van der Waals surface area contributed by atoms with Gasteiger partial charge in [-0.05, 0) is 59.1 Å². The lowest BCUT2D eigenvalue weighted by atomic mass is 10.0. The lowest BCUT2D eigenvalue weighted by Crippen LogP contribution is -2.47. The van der Waals surface area contributed by atoms with Crippen LogP contribution >= 0.6 is 15.9 Å². The van der Waals surface area contributed by atoms with E-state index < -0.39 is 42.0 Å².